The van der Waals surface area contributed by atoms with Crippen LogP contribution in [0.2, 0.25) is 0 Å². The van der Waals surface area contributed by atoms with Crippen molar-refractivity contribution in [1.29, 1.82) is 0 Å². The van der Waals surface area contributed by atoms with Crippen LogP contribution in [0.15, 0.2) is 24.3 Å². The molecular weight excluding hydrogens is 356 g/mol. The van der Waals surface area contributed by atoms with Gasteiger partial charge in [0.25, 0.3) is 5.78 Å². The largest absolute Gasteiger partial charge is 0.475 e. The van der Waals surface area contributed by atoms with Crippen molar-refractivity contribution in [1.82, 2.24) is 0 Å². The highest BCUT2D eigenvalue weighted by Crippen LogP contribution is 2.53. The van der Waals surface area contributed by atoms with E-state index in [9.17, 15) is 14.7 Å². The molecule has 0 amide bonds. The van der Waals surface area contributed by atoms with E-state index in [-0.39, 0.29) is 19.1 Å². The fourth-order valence-corrected chi connectivity index (χ4v) is 4.58. The molecule has 160 valence electrons. The van der Waals surface area contributed by atoms with Crippen LogP contribution in [0.5, 0.6) is 0 Å². The standard InChI is InChI=1S/C23H38O5/c1-22(2,15-10-12-18-25)23(20(26)21(27)28,19-13-7-8-14-19)16-9-5-3-4-6-11-17-24/h9-10,15-16,19,24-25H,3-8,11-14,17-18H2,1-2H3,(H,27,28)/t23-/m1/s1. The summed E-state index contributed by atoms with van der Waals surface area (Å²) in [5.74, 6) is -2.09. The van der Waals surface area contributed by atoms with Crippen LogP contribution in [0.4, 0.5) is 0 Å². The van der Waals surface area contributed by atoms with Crippen LogP contribution >= 0.6 is 0 Å². The Morgan fingerprint density at radius 3 is 2.07 bits per heavy atom. The number of rotatable bonds is 14. The van der Waals surface area contributed by atoms with Crippen LogP contribution in [0, 0.1) is 16.7 Å². The minimum Gasteiger partial charge on any atom is -0.475 e. The molecular formula is C23H38O5. The Balaban J connectivity index is 3.17. The van der Waals surface area contributed by atoms with Gasteiger partial charge in [0.1, 0.15) is 0 Å². The summed E-state index contributed by atoms with van der Waals surface area (Å²) < 4.78 is 0. The van der Waals surface area contributed by atoms with E-state index in [4.69, 9.17) is 10.2 Å². The number of carbonyl (C=O) groups is 2. The van der Waals surface area contributed by atoms with E-state index in [1.54, 1.807) is 0 Å². The Kier molecular flexibility index (Phi) is 10.7. The first-order chi connectivity index (χ1) is 13.3. The SMILES string of the molecule is CC(C)(C=CCCO)[C@@](C=CCCCCCCO)(C(=O)C(=O)O)C1CCCC1. The topological polar surface area (TPSA) is 94.8 Å². The van der Waals surface area contributed by atoms with Gasteiger partial charge in [-0.2, -0.15) is 0 Å². The molecule has 0 unspecified atom stereocenters. The predicted molar refractivity (Wildman–Crippen MR) is 111 cm³/mol. The maximum atomic E-state index is 13.1. The molecule has 0 heterocycles. The smallest absolute Gasteiger partial charge is 0.373 e. The highest BCUT2D eigenvalue weighted by Gasteiger charge is 2.55. The monoisotopic (exact) mass is 394 g/mol. The lowest BCUT2D eigenvalue weighted by molar-refractivity contribution is -0.157. The third-order valence-corrected chi connectivity index (χ3v) is 6.13. The number of unbranched alkanes of at least 4 members (excludes halogenated alkanes) is 4. The molecule has 1 aliphatic rings. The van der Waals surface area contributed by atoms with Gasteiger partial charge in [0.2, 0.25) is 0 Å². The van der Waals surface area contributed by atoms with Crippen LogP contribution < -0.4 is 0 Å². The van der Waals surface area contributed by atoms with Gasteiger partial charge in [-0.1, -0.05) is 63.8 Å². The van der Waals surface area contributed by atoms with Crippen LogP contribution in [0.1, 0.15) is 78.1 Å². The van der Waals surface area contributed by atoms with Gasteiger partial charge in [0.05, 0.1) is 5.41 Å². The molecule has 0 aromatic heterocycles. The number of ketones is 1. The summed E-state index contributed by atoms with van der Waals surface area (Å²) in [4.78, 5) is 24.9. The van der Waals surface area contributed by atoms with Crippen LogP contribution in [-0.4, -0.2) is 40.3 Å². The van der Waals surface area contributed by atoms with Crippen molar-refractivity contribution in [3.63, 3.8) is 0 Å². The second-order valence-corrected chi connectivity index (χ2v) is 8.45. The number of carboxylic acids is 1. The van der Waals surface area contributed by atoms with E-state index in [0.29, 0.717) is 6.42 Å². The summed E-state index contributed by atoms with van der Waals surface area (Å²) in [7, 11) is 0. The summed E-state index contributed by atoms with van der Waals surface area (Å²) >= 11 is 0. The second-order valence-electron chi connectivity index (χ2n) is 8.45. The fourth-order valence-electron chi connectivity index (χ4n) is 4.58. The Morgan fingerprint density at radius 1 is 0.893 bits per heavy atom. The number of carbonyl (C=O) groups excluding carboxylic acids is 1. The average molecular weight is 395 g/mol. The normalized spacial score (nSPS) is 18.1. The molecule has 0 aromatic rings. The number of aliphatic carboxylic acids is 1. The molecule has 0 bridgehead atoms. The zero-order chi connectivity index (χ0) is 21.0. The van der Waals surface area contributed by atoms with E-state index in [0.717, 1.165) is 57.8 Å². The lowest BCUT2D eigenvalue weighted by Gasteiger charge is -2.45. The number of hydrogen-bond donors (Lipinski definition) is 3. The third-order valence-electron chi connectivity index (χ3n) is 6.13. The second kappa shape index (κ2) is 12.2. The highest BCUT2D eigenvalue weighted by atomic mass is 16.4. The molecule has 1 aliphatic carbocycles. The first-order valence-corrected chi connectivity index (χ1v) is 10.7. The number of allylic oxidation sites excluding steroid dienone is 3. The first-order valence-electron chi connectivity index (χ1n) is 10.7. The molecule has 0 aromatic carbocycles. The molecule has 1 saturated carbocycles. The number of carboxylic acid groups (broad SMARTS) is 1. The summed E-state index contributed by atoms with van der Waals surface area (Å²) in [5, 5.41) is 27.6. The predicted octanol–water partition coefficient (Wildman–Crippen LogP) is 4.28. The molecule has 3 N–H and O–H groups in total. The molecule has 1 fully saturated rings. The Hall–Kier alpha value is -1.46. The minimum absolute atomic E-state index is 0.00974. The number of Topliss-reactive ketones (excluding diaryl/α,β-unsaturated/α-hetero) is 1. The molecule has 0 spiro atoms. The lowest BCUT2D eigenvalue weighted by atomic mass is 9.55. The van der Waals surface area contributed by atoms with Crippen molar-refractivity contribution in [2.45, 2.75) is 78.1 Å². The number of aliphatic hydroxyl groups is 2. The van der Waals surface area contributed by atoms with Gasteiger partial charge in [-0.3, -0.25) is 4.79 Å². The van der Waals surface area contributed by atoms with Crippen LogP contribution in [-0.2, 0) is 9.59 Å². The van der Waals surface area contributed by atoms with Crippen molar-refractivity contribution in [3.05, 3.63) is 24.3 Å². The van der Waals surface area contributed by atoms with Crippen molar-refractivity contribution < 1.29 is 24.9 Å². The van der Waals surface area contributed by atoms with Crippen LogP contribution in [0.25, 0.3) is 0 Å². The van der Waals surface area contributed by atoms with Gasteiger partial charge in [0, 0.05) is 13.2 Å². The quantitative estimate of drug-likeness (QED) is 0.232. The van der Waals surface area contributed by atoms with Gasteiger partial charge < -0.3 is 15.3 Å². The van der Waals surface area contributed by atoms with Crippen molar-refractivity contribution in [2.24, 2.45) is 16.7 Å². The van der Waals surface area contributed by atoms with Gasteiger partial charge in [0.15, 0.2) is 0 Å². The average Bonchev–Trinajstić information content (AvgIpc) is 3.18. The Morgan fingerprint density at radius 2 is 1.50 bits per heavy atom. The Labute approximate surface area is 169 Å². The van der Waals surface area contributed by atoms with Crippen LogP contribution in [0.3, 0.4) is 0 Å². The zero-order valence-corrected chi connectivity index (χ0v) is 17.5. The molecule has 0 saturated heterocycles. The number of aliphatic hydroxyl groups excluding tert-OH is 2. The van der Waals surface area contributed by atoms with Gasteiger partial charge in [-0.25, -0.2) is 4.79 Å². The molecule has 5 heteroatoms. The maximum absolute atomic E-state index is 13.1. The molecule has 0 aliphatic heterocycles. The molecule has 1 rings (SSSR count). The minimum atomic E-state index is -1.37. The van der Waals surface area contributed by atoms with E-state index >= 15 is 0 Å². The van der Waals surface area contributed by atoms with E-state index in [1.807, 2.05) is 38.2 Å². The van der Waals surface area contributed by atoms with Crippen molar-refractivity contribution in [2.75, 3.05) is 13.2 Å². The molecule has 5 nitrogen and oxygen atoms in total. The summed E-state index contributed by atoms with van der Waals surface area (Å²) in [6.07, 6.45) is 16.4. The molecule has 28 heavy (non-hydrogen) atoms. The van der Waals surface area contributed by atoms with Crippen molar-refractivity contribution >= 4 is 11.8 Å². The third kappa shape index (κ3) is 6.28. The van der Waals surface area contributed by atoms with Crippen molar-refractivity contribution in [3.8, 4) is 0 Å². The van der Waals surface area contributed by atoms with Gasteiger partial charge in [-0.15, -0.1) is 0 Å². The number of hydrogen-bond acceptors (Lipinski definition) is 4. The fraction of sp³-hybridized carbons (Fsp3) is 0.739. The maximum Gasteiger partial charge on any atom is 0.373 e. The summed E-state index contributed by atoms with van der Waals surface area (Å²) in [6, 6.07) is 0. The summed E-state index contributed by atoms with van der Waals surface area (Å²) in [5.41, 5.74) is -1.74. The van der Waals surface area contributed by atoms with E-state index < -0.39 is 22.6 Å². The van der Waals surface area contributed by atoms with E-state index in [1.165, 1.54) is 0 Å². The van der Waals surface area contributed by atoms with Gasteiger partial charge in [-0.05, 0) is 49.9 Å². The lowest BCUT2D eigenvalue weighted by Crippen LogP contribution is -2.50. The zero-order valence-electron chi connectivity index (χ0n) is 17.5. The molecule has 1 atom stereocenters. The summed E-state index contributed by atoms with van der Waals surface area (Å²) in [6.45, 7) is 4.11. The first kappa shape index (κ1) is 24.6. The van der Waals surface area contributed by atoms with E-state index in [2.05, 4.69) is 0 Å². The highest BCUT2D eigenvalue weighted by molar-refractivity contribution is 6.35. The van der Waals surface area contributed by atoms with Gasteiger partial charge >= 0.3 is 5.97 Å². The molecule has 0 radical (unpaired) electrons. The Bertz CT molecular complexity index is 543.